The molecular weight excluding hydrogens is 335 g/mol. The van der Waals surface area contributed by atoms with Gasteiger partial charge in [0.2, 0.25) is 0 Å². The second-order valence-electron chi connectivity index (χ2n) is 6.94. The summed E-state index contributed by atoms with van der Waals surface area (Å²) < 4.78 is 16.8. The zero-order chi connectivity index (χ0) is 18.3. The second kappa shape index (κ2) is 6.68. The summed E-state index contributed by atoms with van der Waals surface area (Å²) in [5.41, 5.74) is 8.02. The minimum Gasteiger partial charge on any atom is -0.363 e. The average molecular weight is 358 g/mol. The van der Waals surface area contributed by atoms with Gasteiger partial charge in [0.25, 0.3) is 5.91 Å². The van der Waals surface area contributed by atoms with E-state index in [0.29, 0.717) is 28.9 Å². The van der Waals surface area contributed by atoms with E-state index < -0.39 is 5.82 Å². The minimum atomic E-state index is -0.470. The Morgan fingerprint density at radius 2 is 2.23 bits per heavy atom. The molecule has 2 aromatic heterocycles. The maximum absolute atomic E-state index is 15.0. The van der Waals surface area contributed by atoms with Crippen LogP contribution < -0.4 is 16.4 Å². The van der Waals surface area contributed by atoms with Crippen molar-refractivity contribution in [1.82, 2.24) is 20.1 Å². The molecule has 2 aliphatic rings. The monoisotopic (exact) mass is 358 g/mol. The fraction of sp³-hybridized carbons (Fsp3) is 0.500. The lowest BCUT2D eigenvalue weighted by atomic mass is 9.91. The molecule has 3 heterocycles. The number of carbonyl (C=O) groups excluding carboxylic acids is 1. The van der Waals surface area contributed by atoms with Crippen molar-refractivity contribution in [2.75, 3.05) is 5.32 Å². The van der Waals surface area contributed by atoms with Gasteiger partial charge < -0.3 is 16.4 Å². The molecule has 0 bridgehead atoms. The van der Waals surface area contributed by atoms with E-state index in [-0.39, 0.29) is 30.4 Å². The molecule has 0 saturated heterocycles. The summed E-state index contributed by atoms with van der Waals surface area (Å²) in [7, 11) is 0. The zero-order valence-electron chi connectivity index (χ0n) is 14.8. The maximum atomic E-state index is 15.0. The van der Waals surface area contributed by atoms with Gasteiger partial charge in [0.1, 0.15) is 0 Å². The standard InChI is InChI=1S/C18H23FN6O/c1-2-25-9-10(7-22-25)16-14-11(8-21-18(14)26)15(19)17(24-16)23-13-6-4-3-5-12(13)20/h7,9,12-13H,2-6,8,20H2,1H3,(H,21,26)(H,23,24). The van der Waals surface area contributed by atoms with E-state index in [1.54, 1.807) is 10.9 Å². The topological polar surface area (TPSA) is 97.9 Å². The van der Waals surface area contributed by atoms with Gasteiger partial charge in [-0.2, -0.15) is 5.10 Å². The van der Waals surface area contributed by atoms with Crippen molar-refractivity contribution in [3.8, 4) is 11.3 Å². The molecule has 8 heteroatoms. The number of hydrogen-bond donors (Lipinski definition) is 3. The van der Waals surface area contributed by atoms with Gasteiger partial charge in [-0.1, -0.05) is 12.8 Å². The van der Waals surface area contributed by atoms with E-state index >= 15 is 4.39 Å². The van der Waals surface area contributed by atoms with Crippen molar-refractivity contribution in [3.63, 3.8) is 0 Å². The molecule has 2 aromatic rings. The number of aryl methyl sites for hydroxylation is 1. The summed E-state index contributed by atoms with van der Waals surface area (Å²) >= 11 is 0. The quantitative estimate of drug-likeness (QED) is 0.777. The van der Waals surface area contributed by atoms with Crippen molar-refractivity contribution in [2.45, 2.75) is 57.8 Å². The number of rotatable bonds is 4. The molecular formula is C18H23FN6O. The Morgan fingerprint density at radius 1 is 1.42 bits per heavy atom. The van der Waals surface area contributed by atoms with Crippen LogP contribution in [0.15, 0.2) is 12.4 Å². The van der Waals surface area contributed by atoms with Gasteiger partial charge in [-0.15, -0.1) is 0 Å². The van der Waals surface area contributed by atoms with Gasteiger partial charge in [-0.3, -0.25) is 9.48 Å². The normalized spacial score (nSPS) is 22.2. The molecule has 2 unspecified atom stereocenters. The van der Waals surface area contributed by atoms with Crippen LogP contribution in [0.25, 0.3) is 11.3 Å². The molecule has 1 amide bonds. The summed E-state index contributed by atoms with van der Waals surface area (Å²) in [6, 6.07) is -0.0377. The van der Waals surface area contributed by atoms with E-state index in [1.165, 1.54) is 0 Å². The molecule has 0 radical (unpaired) electrons. The van der Waals surface area contributed by atoms with Crippen LogP contribution in [0, 0.1) is 5.82 Å². The van der Waals surface area contributed by atoms with Crippen molar-refractivity contribution in [3.05, 3.63) is 29.3 Å². The third-order valence-corrected chi connectivity index (χ3v) is 5.26. The lowest BCUT2D eigenvalue weighted by Crippen LogP contribution is -2.43. The number of pyridine rings is 1. The highest BCUT2D eigenvalue weighted by molar-refractivity contribution is 6.04. The molecule has 1 aliphatic heterocycles. The van der Waals surface area contributed by atoms with E-state index in [4.69, 9.17) is 5.73 Å². The summed E-state index contributed by atoms with van der Waals surface area (Å²) in [6.07, 6.45) is 7.45. The molecule has 4 N–H and O–H groups in total. The number of anilines is 1. The molecule has 1 aliphatic carbocycles. The molecule has 0 aromatic carbocycles. The number of halogens is 1. The number of hydrogen-bond acceptors (Lipinski definition) is 5. The molecule has 4 rings (SSSR count). The Kier molecular flexibility index (Phi) is 4.36. The van der Waals surface area contributed by atoms with Gasteiger partial charge >= 0.3 is 0 Å². The number of fused-ring (bicyclic) bond motifs is 1. The maximum Gasteiger partial charge on any atom is 0.254 e. The van der Waals surface area contributed by atoms with Crippen molar-refractivity contribution >= 4 is 11.7 Å². The van der Waals surface area contributed by atoms with Crippen LogP contribution in [0.3, 0.4) is 0 Å². The Hall–Kier alpha value is -2.48. The van der Waals surface area contributed by atoms with Crippen molar-refractivity contribution < 1.29 is 9.18 Å². The van der Waals surface area contributed by atoms with Crippen molar-refractivity contribution in [1.29, 1.82) is 0 Å². The van der Waals surface area contributed by atoms with Crippen molar-refractivity contribution in [2.24, 2.45) is 5.73 Å². The number of nitrogens with one attached hydrogen (secondary N) is 2. The summed E-state index contributed by atoms with van der Waals surface area (Å²) in [5, 5.41) is 10.1. The SMILES string of the molecule is CCn1cc(-c2nc(NC3CCCCC3N)c(F)c3c2C(=O)NC3)cn1. The number of nitrogens with two attached hydrogens (primary N) is 1. The number of carbonyl (C=O) groups is 1. The summed E-state index contributed by atoms with van der Waals surface area (Å²) in [4.78, 5) is 16.7. The average Bonchev–Trinajstić information content (AvgIpc) is 3.27. The van der Waals surface area contributed by atoms with Gasteiger partial charge in [-0.05, 0) is 19.8 Å². The Labute approximate surface area is 151 Å². The highest BCUT2D eigenvalue weighted by Crippen LogP contribution is 2.33. The number of aromatic nitrogens is 3. The van der Waals surface area contributed by atoms with Crippen LogP contribution in [0.2, 0.25) is 0 Å². The van der Waals surface area contributed by atoms with E-state index in [0.717, 1.165) is 25.7 Å². The highest BCUT2D eigenvalue weighted by atomic mass is 19.1. The van der Waals surface area contributed by atoms with Gasteiger partial charge in [-0.25, -0.2) is 9.37 Å². The van der Waals surface area contributed by atoms with Gasteiger partial charge in [0.05, 0.1) is 17.5 Å². The first-order valence-corrected chi connectivity index (χ1v) is 9.14. The van der Waals surface area contributed by atoms with Crippen LogP contribution >= 0.6 is 0 Å². The van der Waals surface area contributed by atoms with Gasteiger partial charge in [0.15, 0.2) is 11.6 Å². The third kappa shape index (κ3) is 2.84. The third-order valence-electron chi connectivity index (χ3n) is 5.26. The lowest BCUT2D eigenvalue weighted by Gasteiger charge is -2.30. The highest BCUT2D eigenvalue weighted by Gasteiger charge is 2.32. The first-order chi connectivity index (χ1) is 12.6. The minimum absolute atomic E-state index is 0.0138. The molecule has 26 heavy (non-hydrogen) atoms. The first kappa shape index (κ1) is 17.0. The summed E-state index contributed by atoms with van der Waals surface area (Å²) in [5.74, 6) is -0.601. The molecule has 0 spiro atoms. The Morgan fingerprint density at radius 3 is 2.96 bits per heavy atom. The van der Waals surface area contributed by atoms with Crippen LogP contribution in [0.4, 0.5) is 10.2 Å². The molecule has 138 valence electrons. The number of nitrogens with zero attached hydrogens (tertiary/aromatic N) is 3. The second-order valence-corrected chi connectivity index (χ2v) is 6.94. The van der Waals surface area contributed by atoms with Crippen LogP contribution in [-0.4, -0.2) is 32.8 Å². The van der Waals surface area contributed by atoms with E-state index in [1.807, 2.05) is 13.1 Å². The molecule has 7 nitrogen and oxygen atoms in total. The fourth-order valence-electron chi connectivity index (χ4n) is 3.76. The van der Waals surface area contributed by atoms with Crippen LogP contribution in [0.5, 0.6) is 0 Å². The van der Waals surface area contributed by atoms with Gasteiger partial charge in [0, 0.05) is 42.5 Å². The lowest BCUT2D eigenvalue weighted by molar-refractivity contribution is 0.0966. The Bertz CT molecular complexity index is 848. The van der Waals surface area contributed by atoms with E-state index in [2.05, 4.69) is 20.7 Å². The Balaban J connectivity index is 1.78. The fourth-order valence-corrected chi connectivity index (χ4v) is 3.76. The first-order valence-electron chi connectivity index (χ1n) is 9.14. The van der Waals surface area contributed by atoms with E-state index in [9.17, 15) is 4.79 Å². The van der Waals surface area contributed by atoms with Crippen LogP contribution in [0.1, 0.15) is 48.5 Å². The smallest absolute Gasteiger partial charge is 0.254 e. The zero-order valence-corrected chi connectivity index (χ0v) is 14.8. The predicted molar refractivity (Wildman–Crippen MR) is 96.1 cm³/mol. The number of amides is 1. The van der Waals surface area contributed by atoms with Crippen LogP contribution in [-0.2, 0) is 13.1 Å². The largest absolute Gasteiger partial charge is 0.363 e. The molecule has 1 fully saturated rings. The molecule has 2 atom stereocenters. The molecule has 1 saturated carbocycles. The predicted octanol–water partition coefficient (Wildman–Crippen LogP) is 2.03. The summed E-state index contributed by atoms with van der Waals surface area (Å²) in [6.45, 7) is 2.85.